The molecule has 2 N–H and O–H groups in total. The monoisotopic (exact) mass is 246 g/mol. The van der Waals surface area contributed by atoms with E-state index in [2.05, 4.69) is 11.8 Å². The van der Waals surface area contributed by atoms with Crippen molar-refractivity contribution in [2.24, 2.45) is 5.73 Å². The predicted molar refractivity (Wildman–Crippen MR) is 73.8 cm³/mol. The van der Waals surface area contributed by atoms with Crippen molar-refractivity contribution < 1.29 is 4.79 Å². The van der Waals surface area contributed by atoms with Crippen molar-refractivity contribution in [3.05, 3.63) is 35.4 Å². The summed E-state index contributed by atoms with van der Waals surface area (Å²) in [6.45, 7) is 4.45. The number of rotatable bonds is 4. The molecule has 1 aliphatic rings. The average molecular weight is 246 g/mol. The summed E-state index contributed by atoms with van der Waals surface area (Å²) >= 11 is 0. The lowest BCUT2D eigenvalue weighted by Crippen LogP contribution is -2.44. The third kappa shape index (κ3) is 3.40. The highest BCUT2D eigenvalue weighted by atomic mass is 16.1. The van der Waals surface area contributed by atoms with E-state index in [-0.39, 0.29) is 11.8 Å². The largest absolute Gasteiger partial charge is 0.327 e. The molecule has 1 atom stereocenters. The van der Waals surface area contributed by atoms with E-state index in [1.54, 1.807) is 0 Å². The number of aryl methyl sites for hydroxylation is 1. The second-order valence-electron chi connectivity index (χ2n) is 5.11. The normalized spacial score (nSPS) is 20.9. The van der Waals surface area contributed by atoms with Crippen molar-refractivity contribution in [3.63, 3.8) is 0 Å². The first-order valence-corrected chi connectivity index (χ1v) is 6.79. The zero-order valence-electron chi connectivity index (χ0n) is 11.1. The van der Waals surface area contributed by atoms with Gasteiger partial charge in [0.1, 0.15) is 0 Å². The number of likely N-dealkylation sites (tertiary alicyclic amines) is 1. The van der Waals surface area contributed by atoms with Crippen LogP contribution in [0.3, 0.4) is 0 Å². The second-order valence-corrected chi connectivity index (χ2v) is 5.11. The van der Waals surface area contributed by atoms with Gasteiger partial charge in [0.05, 0.1) is 6.54 Å². The summed E-state index contributed by atoms with van der Waals surface area (Å²) in [5.41, 5.74) is 8.01. The van der Waals surface area contributed by atoms with Crippen molar-refractivity contribution in [2.75, 3.05) is 19.6 Å². The number of piperidine rings is 1. The molecule has 3 nitrogen and oxygen atoms in total. The molecule has 1 heterocycles. The topological polar surface area (TPSA) is 46.3 Å². The van der Waals surface area contributed by atoms with Crippen LogP contribution in [-0.2, 0) is 6.42 Å². The molecular formula is C15H22N2O. The van der Waals surface area contributed by atoms with Crippen LogP contribution in [0, 0.1) is 0 Å². The molecule has 0 aliphatic carbocycles. The summed E-state index contributed by atoms with van der Waals surface area (Å²) in [4.78, 5) is 14.3. The van der Waals surface area contributed by atoms with E-state index in [1.807, 2.05) is 24.3 Å². The predicted octanol–water partition coefficient (Wildman–Crippen LogP) is 1.85. The summed E-state index contributed by atoms with van der Waals surface area (Å²) in [7, 11) is 0. The van der Waals surface area contributed by atoms with Gasteiger partial charge >= 0.3 is 0 Å². The van der Waals surface area contributed by atoms with E-state index >= 15 is 0 Å². The molecule has 98 valence electrons. The van der Waals surface area contributed by atoms with Gasteiger partial charge < -0.3 is 5.73 Å². The Morgan fingerprint density at radius 1 is 1.39 bits per heavy atom. The Balaban J connectivity index is 1.94. The van der Waals surface area contributed by atoms with Crippen molar-refractivity contribution in [1.29, 1.82) is 0 Å². The van der Waals surface area contributed by atoms with Crippen LogP contribution in [0.25, 0.3) is 0 Å². The Labute approximate surface area is 109 Å². The first kappa shape index (κ1) is 13.2. The third-order valence-electron chi connectivity index (χ3n) is 3.59. The van der Waals surface area contributed by atoms with Gasteiger partial charge in [-0.1, -0.05) is 31.2 Å². The van der Waals surface area contributed by atoms with Crippen LogP contribution in [0.4, 0.5) is 0 Å². The van der Waals surface area contributed by atoms with Gasteiger partial charge in [-0.25, -0.2) is 0 Å². The summed E-state index contributed by atoms with van der Waals surface area (Å²) in [6.07, 6.45) is 3.19. The lowest BCUT2D eigenvalue weighted by atomic mass is 10.0. The van der Waals surface area contributed by atoms with Gasteiger partial charge in [-0.2, -0.15) is 0 Å². The minimum Gasteiger partial charge on any atom is -0.327 e. The van der Waals surface area contributed by atoms with E-state index in [0.29, 0.717) is 6.54 Å². The summed E-state index contributed by atoms with van der Waals surface area (Å²) in [5, 5.41) is 0. The fraction of sp³-hybridized carbons (Fsp3) is 0.533. The molecule has 1 unspecified atom stereocenters. The Morgan fingerprint density at radius 3 is 2.72 bits per heavy atom. The number of hydrogen-bond acceptors (Lipinski definition) is 3. The Hall–Kier alpha value is -1.19. The third-order valence-corrected chi connectivity index (χ3v) is 3.59. The maximum absolute atomic E-state index is 12.1. The molecule has 1 aliphatic heterocycles. The minimum absolute atomic E-state index is 0.201. The van der Waals surface area contributed by atoms with Gasteiger partial charge in [-0.05, 0) is 31.4 Å². The number of Topliss-reactive ketones (excluding diaryl/α,β-unsaturated/α-hetero) is 1. The highest BCUT2D eigenvalue weighted by molar-refractivity contribution is 5.97. The SMILES string of the molecule is CCc1ccc(C(=O)CN2CCCC(N)C2)cc1. The Kier molecular flexibility index (Phi) is 4.50. The smallest absolute Gasteiger partial charge is 0.176 e. The van der Waals surface area contributed by atoms with Crippen molar-refractivity contribution in [1.82, 2.24) is 4.90 Å². The molecule has 1 aromatic carbocycles. The lowest BCUT2D eigenvalue weighted by molar-refractivity contribution is 0.0908. The molecule has 1 aromatic rings. The number of ketones is 1. The fourth-order valence-electron chi connectivity index (χ4n) is 2.46. The number of benzene rings is 1. The number of nitrogens with zero attached hydrogens (tertiary/aromatic N) is 1. The van der Waals surface area contributed by atoms with Gasteiger partial charge in [0.2, 0.25) is 0 Å². The van der Waals surface area contributed by atoms with Crippen molar-refractivity contribution in [2.45, 2.75) is 32.2 Å². The number of carbonyl (C=O) groups excluding carboxylic acids is 1. The maximum atomic E-state index is 12.1. The fourth-order valence-corrected chi connectivity index (χ4v) is 2.46. The maximum Gasteiger partial charge on any atom is 0.176 e. The molecule has 2 rings (SSSR count). The standard InChI is InChI=1S/C15H22N2O/c1-2-12-5-7-13(8-6-12)15(18)11-17-9-3-4-14(16)10-17/h5-8,14H,2-4,9-11,16H2,1H3. The van der Waals surface area contributed by atoms with Gasteiger partial charge in [0, 0.05) is 18.2 Å². The molecule has 18 heavy (non-hydrogen) atoms. The van der Waals surface area contributed by atoms with Gasteiger partial charge in [-0.15, -0.1) is 0 Å². The summed E-state index contributed by atoms with van der Waals surface area (Å²) in [5.74, 6) is 0.201. The highest BCUT2D eigenvalue weighted by Crippen LogP contribution is 2.11. The zero-order chi connectivity index (χ0) is 13.0. The van der Waals surface area contributed by atoms with Crippen LogP contribution in [0.5, 0.6) is 0 Å². The second kappa shape index (κ2) is 6.12. The first-order chi connectivity index (χ1) is 8.69. The highest BCUT2D eigenvalue weighted by Gasteiger charge is 2.19. The number of nitrogens with two attached hydrogens (primary N) is 1. The number of hydrogen-bond donors (Lipinski definition) is 1. The van der Waals surface area contributed by atoms with Gasteiger partial charge in [-0.3, -0.25) is 9.69 Å². The van der Waals surface area contributed by atoms with Crippen LogP contribution in [-0.4, -0.2) is 36.4 Å². The summed E-state index contributed by atoms with van der Waals surface area (Å²) < 4.78 is 0. The van der Waals surface area contributed by atoms with Crippen molar-refractivity contribution in [3.8, 4) is 0 Å². The van der Waals surface area contributed by atoms with Crippen LogP contribution < -0.4 is 5.73 Å². The number of carbonyl (C=O) groups is 1. The van der Waals surface area contributed by atoms with E-state index in [4.69, 9.17) is 5.73 Å². The van der Waals surface area contributed by atoms with Crippen LogP contribution in [0.15, 0.2) is 24.3 Å². The van der Waals surface area contributed by atoms with Crippen LogP contribution in [0.1, 0.15) is 35.7 Å². The molecular weight excluding hydrogens is 224 g/mol. The summed E-state index contributed by atoms with van der Waals surface area (Å²) in [6, 6.07) is 8.18. The van der Waals surface area contributed by atoms with E-state index in [1.165, 1.54) is 5.56 Å². The quantitative estimate of drug-likeness (QED) is 0.825. The Morgan fingerprint density at radius 2 is 2.11 bits per heavy atom. The Bertz CT molecular complexity index is 399. The van der Waals surface area contributed by atoms with E-state index < -0.39 is 0 Å². The molecule has 1 fully saturated rings. The van der Waals surface area contributed by atoms with Gasteiger partial charge in [0.15, 0.2) is 5.78 Å². The molecule has 0 radical (unpaired) electrons. The van der Waals surface area contributed by atoms with Crippen LogP contribution in [0.2, 0.25) is 0 Å². The van der Waals surface area contributed by atoms with E-state index in [9.17, 15) is 4.79 Å². The molecule has 0 spiro atoms. The molecule has 0 aromatic heterocycles. The molecule has 0 bridgehead atoms. The molecule has 1 saturated heterocycles. The average Bonchev–Trinajstić information content (AvgIpc) is 2.39. The lowest BCUT2D eigenvalue weighted by Gasteiger charge is -2.29. The zero-order valence-corrected chi connectivity index (χ0v) is 11.1. The molecule has 0 saturated carbocycles. The van der Waals surface area contributed by atoms with Crippen LogP contribution >= 0.6 is 0 Å². The minimum atomic E-state index is 0.201. The van der Waals surface area contributed by atoms with E-state index in [0.717, 1.165) is 37.9 Å². The first-order valence-electron chi connectivity index (χ1n) is 6.79. The van der Waals surface area contributed by atoms with Crippen molar-refractivity contribution >= 4 is 5.78 Å². The molecule has 0 amide bonds. The van der Waals surface area contributed by atoms with Gasteiger partial charge in [0.25, 0.3) is 0 Å². The molecule has 3 heteroatoms.